The molecular formula is C13H8Br2FN3. The molecule has 0 radical (unpaired) electrons. The molecule has 0 fully saturated rings. The summed E-state index contributed by atoms with van der Waals surface area (Å²) >= 11 is 6.74. The largest absolute Gasteiger partial charge is 0.378 e. The molecular weight excluding hydrogens is 377 g/mol. The van der Waals surface area contributed by atoms with Crippen molar-refractivity contribution in [2.45, 2.75) is 6.54 Å². The number of pyridine rings is 1. The minimum atomic E-state index is -0.426. The summed E-state index contributed by atoms with van der Waals surface area (Å²) in [5.41, 5.74) is 1.66. The van der Waals surface area contributed by atoms with Crippen LogP contribution in [0.4, 0.5) is 10.1 Å². The number of anilines is 1. The second-order valence-corrected chi connectivity index (χ2v) is 5.51. The maximum Gasteiger partial charge on any atom is 0.124 e. The lowest BCUT2D eigenvalue weighted by Gasteiger charge is -2.09. The summed E-state index contributed by atoms with van der Waals surface area (Å²) in [6, 6.07) is 7.90. The SMILES string of the molecule is N#Cc1cc(F)ccc1NCc1ncc(Br)cc1Br. The van der Waals surface area contributed by atoms with E-state index in [2.05, 4.69) is 42.2 Å². The first-order valence-electron chi connectivity index (χ1n) is 5.33. The maximum atomic E-state index is 13.0. The fourth-order valence-electron chi connectivity index (χ4n) is 1.52. The van der Waals surface area contributed by atoms with Gasteiger partial charge in [0.15, 0.2) is 0 Å². The first-order valence-corrected chi connectivity index (χ1v) is 6.92. The highest BCUT2D eigenvalue weighted by molar-refractivity contribution is 9.11. The van der Waals surface area contributed by atoms with Crippen molar-refractivity contribution < 1.29 is 4.39 Å². The Morgan fingerprint density at radius 3 is 2.79 bits per heavy atom. The van der Waals surface area contributed by atoms with Crippen molar-refractivity contribution >= 4 is 37.5 Å². The molecule has 19 heavy (non-hydrogen) atoms. The molecule has 0 bridgehead atoms. The van der Waals surface area contributed by atoms with Crippen molar-refractivity contribution in [3.8, 4) is 6.07 Å². The molecule has 0 aliphatic carbocycles. The zero-order valence-corrected chi connectivity index (χ0v) is 12.8. The van der Waals surface area contributed by atoms with E-state index in [0.29, 0.717) is 12.2 Å². The fraction of sp³-hybridized carbons (Fsp3) is 0.0769. The van der Waals surface area contributed by atoms with Crippen molar-refractivity contribution in [1.29, 1.82) is 5.26 Å². The molecule has 0 atom stereocenters. The lowest BCUT2D eigenvalue weighted by molar-refractivity contribution is 0.627. The van der Waals surface area contributed by atoms with Gasteiger partial charge in [0, 0.05) is 15.1 Å². The molecule has 0 aliphatic heterocycles. The predicted molar refractivity (Wildman–Crippen MR) is 78.1 cm³/mol. The van der Waals surface area contributed by atoms with Crippen LogP contribution in [0.2, 0.25) is 0 Å². The predicted octanol–water partition coefficient (Wildman–Crippen LogP) is 4.23. The Morgan fingerprint density at radius 1 is 1.32 bits per heavy atom. The molecule has 0 unspecified atom stereocenters. The smallest absolute Gasteiger partial charge is 0.124 e. The van der Waals surface area contributed by atoms with Crippen LogP contribution in [0.1, 0.15) is 11.3 Å². The van der Waals surface area contributed by atoms with Crippen LogP contribution in [0, 0.1) is 17.1 Å². The zero-order chi connectivity index (χ0) is 13.8. The summed E-state index contributed by atoms with van der Waals surface area (Å²) in [5.74, 6) is -0.426. The van der Waals surface area contributed by atoms with Crippen LogP contribution < -0.4 is 5.32 Å². The summed E-state index contributed by atoms with van der Waals surface area (Å²) in [6.07, 6.45) is 1.69. The Kier molecular flexibility index (Phi) is 4.51. The van der Waals surface area contributed by atoms with Gasteiger partial charge in [0.05, 0.1) is 23.5 Å². The normalized spacial score (nSPS) is 10.0. The monoisotopic (exact) mass is 383 g/mol. The van der Waals surface area contributed by atoms with Gasteiger partial charge in [-0.1, -0.05) is 0 Å². The molecule has 2 aromatic rings. The Labute approximate surface area is 126 Å². The first-order chi connectivity index (χ1) is 9.10. The Bertz CT molecular complexity index is 653. The Hall–Kier alpha value is -1.45. The third-order valence-corrected chi connectivity index (χ3v) is 3.55. The number of nitrogens with zero attached hydrogens (tertiary/aromatic N) is 2. The standard InChI is InChI=1S/C13H8Br2FN3/c14-9-4-11(15)13(18-6-9)7-19-12-2-1-10(16)3-8(12)5-17/h1-4,6,19H,7H2. The summed E-state index contributed by atoms with van der Waals surface area (Å²) in [6.45, 7) is 0.439. The lowest BCUT2D eigenvalue weighted by atomic mass is 10.2. The molecule has 0 aliphatic rings. The van der Waals surface area contributed by atoms with Crippen molar-refractivity contribution in [1.82, 2.24) is 4.98 Å². The zero-order valence-electron chi connectivity index (χ0n) is 9.62. The van der Waals surface area contributed by atoms with Gasteiger partial charge in [-0.2, -0.15) is 5.26 Å². The topological polar surface area (TPSA) is 48.7 Å². The number of benzene rings is 1. The van der Waals surface area contributed by atoms with Crippen LogP contribution in [0.3, 0.4) is 0 Å². The quantitative estimate of drug-likeness (QED) is 0.861. The first kappa shape index (κ1) is 14.0. The van der Waals surface area contributed by atoms with Crippen molar-refractivity contribution in [3.05, 3.63) is 56.5 Å². The van der Waals surface area contributed by atoms with Gasteiger partial charge in [-0.15, -0.1) is 0 Å². The minimum absolute atomic E-state index is 0.272. The van der Waals surface area contributed by atoms with Gasteiger partial charge < -0.3 is 5.32 Å². The number of rotatable bonds is 3. The molecule has 2 rings (SSSR count). The molecule has 1 aromatic carbocycles. The molecule has 0 spiro atoms. The highest BCUT2D eigenvalue weighted by Crippen LogP contribution is 2.22. The molecule has 0 saturated heterocycles. The van der Waals surface area contributed by atoms with E-state index >= 15 is 0 Å². The number of aromatic nitrogens is 1. The van der Waals surface area contributed by atoms with Crippen molar-refractivity contribution in [3.63, 3.8) is 0 Å². The number of hydrogen-bond acceptors (Lipinski definition) is 3. The van der Waals surface area contributed by atoms with Crippen molar-refractivity contribution in [2.24, 2.45) is 0 Å². The second kappa shape index (κ2) is 6.13. The van der Waals surface area contributed by atoms with E-state index in [1.165, 1.54) is 12.1 Å². The van der Waals surface area contributed by atoms with Crippen LogP contribution in [-0.4, -0.2) is 4.98 Å². The van der Waals surface area contributed by atoms with Gasteiger partial charge in [0.2, 0.25) is 0 Å². The van der Waals surface area contributed by atoms with E-state index in [-0.39, 0.29) is 5.56 Å². The molecule has 0 saturated carbocycles. The van der Waals surface area contributed by atoms with Gasteiger partial charge >= 0.3 is 0 Å². The highest BCUT2D eigenvalue weighted by Gasteiger charge is 2.06. The van der Waals surface area contributed by atoms with Crippen molar-refractivity contribution in [2.75, 3.05) is 5.32 Å². The van der Waals surface area contributed by atoms with Gasteiger partial charge in [-0.25, -0.2) is 4.39 Å². The summed E-state index contributed by atoms with van der Waals surface area (Å²) in [5, 5.41) is 12.0. The fourth-order valence-corrected chi connectivity index (χ4v) is 2.64. The average Bonchev–Trinajstić information content (AvgIpc) is 2.39. The van der Waals surface area contributed by atoms with Gasteiger partial charge in [-0.3, -0.25) is 4.98 Å². The third-order valence-electron chi connectivity index (χ3n) is 2.43. The molecule has 1 heterocycles. The lowest BCUT2D eigenvalue weighted by Crippen LogP contribution is -2.04. The Balaban J connectivity index is 2.17. The van der Waals surface area contributed by atoms with Gasteiger partial charge in [-0.05, 0) is 56.1 Å². The average molecular weight is 385 g/mol. The number of halogens is 3. The number of hydrogen-bond donors (Lipinski definition) is 1. The molecule has 6 heteroatoms. The van der Waals surface area contributed by atoms with E-state index in [1.807, 2.05) is 12.1 Å². The van der Waals surface area contributed by atoms with Gasteiger partial charge in [0.25, 0.3) is 0 Å². The summed E-state index contributed by atoms with van der Waals surface area (Å²) < 4.78 is 14.7. The molecule has 0 amide bonds. The Morgan fingerprint density at radius 2 is 2.11 bits per heavy atom. The number of nitriles is 1. The van der Waals surface area contributed by atoms with E-state index in [9.17, 15) is 4.39 Å². The molecule has 1 N–H and O–H groups in total. The van der Waals surface area contributed by atoms with Crippen LogP contribution in [-0.2, 0) is 6.54 Å². The second-order valence-electron chi connectivity index (χ2n) is 3.74. The highest BCUT2D eigenvalue weighted by atomic mass is 79.9. The number of nitrogens with one attached hydrogen (secondary N) is 1. The minimum Gasteiger partial charge on any atom is -0.378 e. The van der Waals surface area contributed by atoms with Crippen LogP contribution in [0.25, 0.3) is 0 Å². The van der Waals surface area contributed by atoms with E-state index in [0.717, 1.165) is 14.6 Å². The van der Waals surface area contributed by atoms with Crippen LogP contribution >= 0.6 is 31.9 Å². The third kappa shape index (κ3) is 3.52. The summed E-state index contributed by atoms with van der Waals surface area (Å²) in [7, 11) is 0. The summed E-state index contributed by atoms with van der Waals surface area (Å²) in [4.78, 5) is 4.25. The van der Waals surface area contributed by atoms with E-state index < -0.39 is 5.82 Å². The van der Waals surface area contributed by atoms with Crippen LogP contribution in [0.5, 0.6) is 0 Å². The van der Waals surface area contributed by atoms with Gasteiger partial charge in [0.1, 0.15) is 11.9 Å². The van der Waals surface area contributed by atoms with E-state index in [4.69, 9.17) is 5.26 Å². The molecule has 3 nitrogen and oxygen atoms in total. The van der Waals surface area contributed by atoms with E-state index in [1.54, 1.807) is 12.3 Å². The molecule has 1 aromatic heterocycles. The van der Waals surface area contributed by atoms with Crippen LogP contribution in [0.15, 0.2) is 39.4 Å². The molecule has 96 valence electrons. The maximum absolute atomic E-state index is 13.0.